The highest BCUT2D eigenvalue weighted by atomic mass is 79.9. The highest BCUT2D eigenvalue weighted by Gasteiger charge is 2.09. The van der Waals surface area contributed by atoms with E-state index < -0.39 is 0 Å². The van der Waals surface area contributed by atoms with E-state index >= 15 is 0 Å². The number of halogens is 1. The van der Waals surface area contributed by atoms with Gasteiger partial charge in [0, 0.05) is 36.1 Å². The molecule has 0 radical (unpaired) electrons. The normalized spacial score (nSPS) is 10.2. The quantitative estimate of drug-likeness (QED) is 0.912. The average Bonchev–Trinajstić information content (AvgIpc) is 2.49. The van der Waals surface area contributed by atoms with Crippen molar-refractivity contribution < 1.29 is 4.79 Å². The molecule has 1 heterocycles. The number of nitrogens with zero attached hydrogens (tertiary/aromatic N) is 2. The van der Waals surface area contributed by atoms with Gasteiger partial charge in [0.15, 0.2) is 0 Å². The summed E-state index contributed by atoms with van der Waals surface area (Å²) in [6.07, 6.45) is 4.34. The summed E-state index contributed by atoms with van der Waals surface area (Å²) in [5.74, 6) is 0. The number of aryl methyl sites for hydroxylation is 1. The van der Waals surface area contributed by atoms with Crippen molar-refractivity contribution in [3.8, 4) is 0 Å². The zero-order chi connectivity index (χ0) is 15.2. The van der Waals surface area contributed by atoms with Crippen LogP contribution in [0.1, 0.15) is 11.1 Å². The molecular weight excluding hydrogens is 330 g/mol. The number of hydrogen-bond donors (Lipinski definition) is 1. The third-order valence-corrected chi connectivity index (χ3v) is 4.13. The molecule has 0 spiro atoms. The van der Waals surface area contributed by atoms with Crippen LogP contribution in [0.15, 0.2) is 47.2 Å². The lowest BCUT2D eigenvalue weighted by molar-refractivity contribution is 0.223. The summed E-state index contributed by atoms with van der Waals surface area (Å²) in [5, 5.41) is 2.90. The zero-order valence-corrected chi connectivity index (χ0v) is 13.7. The van der Waals surface area contributed by atoms with Gasteiger partial charge in [-0.05, 0) is 54.8 Å². The minimum absolute atomic E-state index is 0.106. The Kier molecular flexibility index (Phi) is 5.33. The van der Waals surface area contributed by atoms with Crippen LogP contribution in [0.5, 0.6) is 0 Å². The Morgan fingerprint density at radius 2 is 2.00 bits per heavy atom. The van der Waals surface area contributed by atoms with E-state index in [-0.39, 0.29) is 6.03 Å². The largest absolute Gasteiger partial charge is 0.327 e. The first-order valence-corrected chi connectivity index (χ1v) is 7.53. The van der Waals surface area contributed by atoms with Gasteiger partial charge in [0.1, 0.15) is 0 Å². The molecule has 21 heavy (non-hydrogen) atoms. The molecule has 0 aliphatic carbocycles. The van der Waals surface area contributed by atoms with Gasteiger partial charge in [-0.2, -0.15) is 0 Å². The SMILES string of the molecule is Cc1cc(NC(=O)N(C)CCc2ccncc2)ccc1Br. The van der Waals surface area contributed by atoms with Crippen molar-refractivity contribution in [3.05, 3.63) is 58.3 Å². The predicted octanol–water partition coefficient (Wildman–Crippen LogP) is 3.86. The smallest absolute Gasteiger partial charge is 0.321 e. The van der Waals surface area contributed by atoms with Gasteiger partial charge >= 0.3 is 6.03 Å². The van der Waals surface area contributed by atoms with Crippen molar-refractivity contribution in [2.24, 2.45) is 0 Å². The Morgan fingerprint density at radius 1 is 1.29 bits per heavy atom. The molecule has 2 rings (SSSR count). The summed E-state index contributed by atoms with van der Waals surface area (Å²) < 4.78 is 1.03. The van der Waals surface area contributed by atoms with Gasteiger partial charge in [-0.1, -0.05) is 15.9 Å². The molecule has 0 saturated heterocycles. The number of carbonyl (C=O) groups is 1. The Labute approximate surface area is 133 Å². The van der Waals surface area contributed by atoms with E-state index in [0.29, 0.717) is 6.54 Å². The van der Waals surface area contributed by atoms with Crippen molar-refractivity contribution in [1.82, 2.24) is 9.88 Å². The molecule has 2 amide bonds. The second kappa shape index (κ2) is 7.22. The van der Waals surface area contributed by atoms with Gasteiger partial charge in [0.25, 0.3) is 0 Å². The van der Waals surface area contributed by atoms with E-state index in [0.717, 1.165) is 22.1 Å². The number of rotatable bonds is 4. The van der Waals surface area contributed by atoms with Crippen molar-refractivity contribution in [1.29, 1.82) is 0 Å². The van der Waals surface area contributed by atoms with E-state index in [1.165, 1.54) is 5.56 Å². The number of amides is 2. The van der Waals surface area contributed by atoms with Gasteiger partial charge in [-0.25, -0.2) is 4.79 Å². The minimum atomic E-state index is -0.106. The molecule has 0 aliphatic rings. The predicted molar refractivity (Wildman–Crippen MR) is 88.5 cm³/mol. The molecule has 0 aliphatic heterocycles. The number of aromatic nitrogens is 1. The number of nitrogens with one attached hydrogen (secondary N) is 1. The lowest BCUT2D eigenvalue weighted by atomic mass is 10.2. The van der Waals surface area contributed by atoms with Gasteiger partial charge in [-0.15, -0.1) is 0 Å². The number of anilines is 1. The number of urea groups is 1. The topological polar surface area (TPSA) is 45.2 Å². The number of pyridine rings is 1. The van der Waals surface area contributed by atoms with Crippen LogP contribution in [-0.4, -0.2) is 29.5 Å². The molecule has 0 fully saturated rings. The summed E-state index contributed by atoms with van der Waals surface area (Å²) >= 11 is 3.45. The monoisotopic (exact) mass is 347 g/mol. The molecule has 0 saturated carbocycles. The second-order valence-electron chi connectivity index (χ2n) is 4.92. The maximum absolute atomic E-state index is 12.1. The minimum Gasteiger partial charge on any atom is -0.327 e. The van der Waals surface area contributed by atoms with E-state index in [4.69, 9.17) is 0 Å². The second-order valence-corrected chi connectivity index (χ2v) is 5.78. The first-order valence-electron chi connectivity index (χ1n) is 6.73. The Hall–Kier alpha value is -1.88. The molecule has 110 valence electrons. The molecule has 0 bridgehead atoms. The lowest BCUT2D eigenvalue weighted by Crippen LogP contribution is -2.33. The maximum atomic E-state index is 12.1. The molecule has 1 aromatic carbocycles. The van der Waals surface area contributed by atoms with Crippen LogP contribution in [0.4, 0.5) is 10.5 Å². The summed E-state index contributed by atoms with van der Waals surface area (Å²) in [6, 6.07) is 9.57. The fraction of sp³-hybridized carbons (Fsp3) is 0.250. The van der Waals surface area contributed by atoms with E-state index in [1.54, 1.807) is 24.3 Å². The van der Waals surface area contributed by atoms with E-state index in [9.17, 15) is 4.79 Å². The lowest BCUT2D eigenvalue weighted by Gasteiger charge is -2.18. The number of likely N-dealkylation sites (N-methyl/N-ethyl adjacent to an activating group) is 1. The maximum Gasteiger partial charge on any atom is 0.321 e. The summed E-state index contributed by atoms with van der Waals surface area (Å²) in [6.45, 7) is 2.65. The third kappa shape index (κ3) is 4.56. The highest BCUT2D eigenvalue weighted by Crippen LogP contribution is 2.20. The van der Waals surface area contributed by atoms with Gasteiger partial charge in [0.05, 0.1) is 0 Å². The van der Waals surface area contributed by atoms with Crippen molar-refractivity contribution >= 4 is 27.6 Å². The van der Waals surface area contributed by atoms with Crippen molar-refractivity contribution in [2.75, 3.05) is 18.9 Å². The van der Waals surface area contributed by atoms with Gasteiger partial charge in [-0.3, -0.25) is 4.98 Å². The first kappa shape index (κ1) is 15.5. The Balaban J connectivity index is 1.89. The van der Waals surface area contributed by atoms with E-state index in [1.807, 2.05) is 37.3 Å². The average molecular weight is 348 g/mol. The van der Waals surface area contributed by atoms with Crippen LogP contribution in [0.3, 0.4) is 0 Å². The van der Waals surface area contributed by atoms with Crippen LogP contribution in [0, 0.1) is 6.92 Å². The van der Waals surface area contributed by atoms with Crippen molar-refractivity contribution in [2.45, 2.75) is 13.3 Å². The van der Waals surface area contributed by atoms with Gasteiger partial charge < -0.3 is 10.2 Å². The summed E-state index contributed by atoms with van der Waals surface area (Å²) in [4.78, 5) is 17.8. The van der Waals surface area contributed by atoms with Gasteiger partial charge in [0.2, 0.25) is 0 Å². The molecule has 4 nitrogen and oxygen atoms in total. The molecule has 0 atom stereocenters. The highest BCUT2D eigenvalue weighted by molar-refractivity contribution is 9.10. The summed E-state index contributed by atoms with van der Waals surface area (Å²) in [5.41, 5.74) is 3.06. The number of hydrogen-bond acceptors (Lipinski definition) is 2. The Morgan fingerprint density at radius 3 is 2.67 bits per heavy atom. The molecular formula is C16H18BrN3O. The third-order valence-electron chi connectivity index (χ3n) is 3.24. The standard InChI is InChI=1S/C16H18BrN3O/c1-12-11-14(3-4-15(12)17)19-16(21)20(2)10-7-13-5-8-18-9-6-13/h3-6,8-9,11H,7,10H2,1-2H3,(H,19,21). The molecule has 1 aromatic heterocycles. The van der Waals surface area contributed by atoms with Crippen LogP contribution in [0.2, 0.25) is 0 Å². The van der Waals surface area contributed by atoms with Crippen LogP contribution in [0.25, 0.3) is 0 Å². The molecule has 5 heteroatoms. The summed E-state index contributed by atoms with van der Waals surface area (Å²) in [7, 11) is 1.79. The van der Waals surface area contributed by atoms with Crippen LogP contribution >= 0.6 is 15.9 Å². The molecule has 0 unspecified atom stereocenters. The molecule has 1 N–H and O–H groups in total. The molecule has 2 aromatic rings. The number of carbonyl (C=O) groups excluding carboxylic acids is 1. The Bertz CT molecular complexity index is 616. The fourth-order valence-corrected chi connectivity index (χ4v) is 2.14. The fourth-order valence-electron chi connectivity index (χ4n) is 1.89. The first-order chi connectivity index (χ1) is 10.1. The zero-order valence-electron chi connectivity index (χ0n) is 12.1. The van der Waals surface area contributed by atoms with E-state index in [2.05, 4.69) is 26.2 Å². The number of benzene rings is 1. The van der Waals surface area contributed by atoms with Crippen LogP contribution < -0.4 is 5.32 Å². The van der Waals surface area contributed by atoms with Crippen molar-refractivity contribution in [3.63, 3.8) is 0 Å². The van der Waals surface area contributed by atoms with Crippen LogP contribution in [-0.2, 0) is 6.42 Å².